The Morgan fingerprint density at radius 3 is 2.42 bits per heavy atom. The van der Waals surface area contributed by atoms with E-state index in [9.17, 15) is 23.3 Å². The second kappa shape index (κ2) is 9.68. The second-order valence-electron chi connectivity index (χ2n) is 9.93. The number of carbonyl (C=O) groups excluding carboxylic acids is 3. The minimum absolute atomic E-state index is 0.00459. The van der Waals surface area contributed by atoms with E-state index in [1.165, 1.54) is 6.07 Å². The number of barbiturate groups is 1. The van der Waals surface area contributed by atoms with Crippen LogP contribution in [-0.2, 0) is 21.0 Å². The number of carbonyl (C=O) groups is 3. The van der Waals surface area contributed by atoms with Crippen molar-refractivity contribution in [3.63, 3.8) is 0 Å². The first-order valence-electron chi connectivity index (χ1n) is 11.1. The summed E-state index contributed by atoms with van der Waals surface area (Å²) in [6.07, 6.45) is -0.590. The third-order valence-corrected chi connectivity index (χ3v) is 7.41. The minimum Gasteiger partial charge on any atom is -0.598 e. The van der Waals surface area contributed by atoms with Gasteiger partial charge in [-0.1, -0.05) is 12.1 Å². The summed E-state index contributed by atoms with van der Waals surface area (Å²) < 4.78 is 45.4. The molecule has 10 heteroatoms. The molecule has 1 aromatic carbocycles. The Labute approximate surface area is 196 Å². The number of halogens is 2. The fraction of sp³-hybridized carbons (Fsp3) is 0.609. The number of alkyl halides is 1. The Bertz CT molecular complexity index is 933. The lowest BCUT2D eigenvalue weighted by molar-refractivity contribution is -0.144. The van der Waals surface area contributed by atoms with E-state index in [-0.39, 0.29) is 11.5 Å². The van der Waals surface area contributed by atoms with Gasteiger partial charge in [-0.15, -0.1) is 4.72 Å². The van der Waals surface area contributed by atoms with Crippen molar-refractivity contribution in [3.05, 3.63) is 35.1 Å². The number of hydrogen-bond acceptors (Lipinski definition) is 5. The van der Waals surface area contributed by atoms with Crippen LogP contribution in [0.25, 0.3) is 0 Å². The number of benzene rings is 1. The highest BCUT2D eigenvalue weighted by Crippen LogP contribution is 2.42. The van der Waals surface area contributed by atoms with E-state index < -0.39 is 70.4 Å². The van der Waals surface area contributed by atoms with Crippen LogP contribution in [0.15, 0.2) is 18.2 Å². The summed E-state index contributed by atoms with van der Waals surface area (Å²) in [6, 6.07) is 1.77. The molecule has 1 aliphatic carbocycles. The van der Waals surface area contributed by atoms with Crippen LogP contribution in [0.4, 0.5) is 13.6 Å². The molecule has 4 atom stereocenters. The van der Waals surface area contributed by atoms with Gasteiger partial charge in [0, 0.05) is 29.4 Å². The topological polar surface area (TPSA) is 102 Å². The van der Waals surface area contributed by atoms with Crippen molar-refractivity contribution < 1.29 is 27.7 Å². The summed E-state index contributed by atoms with van der Waals surface area (Å²) >= 11 is -1.75. The van der Waals surface area contributed by atoms with Crippen LogP contribution in [0.5, 0.6) is 0 Å². The summed E-state index contributed by atoms with van der Waals surface area (Å²) in [5.41, 5.74) is 0.875. The molecule has 0 bridgehead atoms. The molecule has 2 aliphatic rings. The van der Waals surface area contributed by atoms with E-state index in [0.717, 1.165) is 23.3 Å². The van der Waals surface area contributed by atoms with Gasteiger partial charge in [0.15, 0.2) is 0 Å². The molecule has 1 aromatic rings. The monoisotopic (exact) mass is 483 g/mol. The highest BCUT2D eigenvalue weighted by atomic mass is 32.2. The molecule has 2 fully saturated rings. The van der Waals surface area contributed by atoms with Gasteiger partial charge in [-0.05, 0) is 65.0 Å². The second-order valence-corrected chi connectivity index (χ2v) is 11.9. The highest BCUT2D eigenvalue weighted by Gasteiger charge is 2.45. The molecule has 7 nitrogen and oxygen atoms in total. The number of urea groups is 1. The molecule has 1 saturated heterocycles. The van der Waals surface area contributed by atoms with Crippen LogP contribution in [-0.4, -0.2) is 44.3 Å². The molecule has 1 heterocycles. The summed E-state index contributed by atoms with van der Waals surface area (Å²) in [5, 5.41) is 2.09. The first-order valence-corrected chi connectivity index (χ1v) is 12.3. The maximum absolute atomic E-state index is 15.8. The van der Waals surface area contributed by atoms with Crippen LogP contribution in [0, 0.1) is 11.7 Å². The van der Waals surface area contributed by atoms with Gasteiger partial charge in [0.25, 0.3) is 0 Å². The molecule has 0 spiro atoms. The van der Waals surface area contributed by atoms with Crippen molar-refractivity contribution >= 4 is 29.2 Å². The summed E-state index contributed by atoms with van der Waals surface area (Å²) in [7, 11) is 0. The lowest BCUT2D eigenvalue weighted by atomic mass is 9.90. The average molecular weight is 484 g/mol. The number of amides is 4. The largest absolute Gasteiger partial charge is 0.598 e. The summed E-state index contributed by atoms with van der Waals surface area (Å²) in [6.45, 7) is 8.30. The molecule has 182 valence electrons. The van der Waals surface area contributed by atoms with Crippen LogP contribution < -0.4 is 10.0 Å². The van der Waals surface area contributed by atoms with Crippen molar-refractivity contribution in [3.8, 4) is 0 Å². The van der Waals surface area contributed by atoms with Gasteiger partial charge in [0.1, 0.15) is 28.7 Å². The van der Waals surface area contributed by atoms with Gasteiger partial charge < -0.3 is 4.55 Å². The fourth-order valence-corrected chi connectivity index (χ4v) is 4.65. The molecule has 0 radical (unpaired) electrons. The third-order valence-electron chi connectivity index (χ3n) is 5.83. The quantitative estimate of drug-likeness (QED) is 0.434. The van der Waals surface area contributed by atoms with Gasteiger partial charge in [-0.2, -0.15) is 0 Å². The fourth-order valence-electron chi connectivity index (χ4n) is 3.79. The summed E-state index contributed by atoms with van der Waals surface area (Å²) in [4.78, 5) is 38.1. The number of hydrogen-bond donors (Lipinski definition) is 2. The maximum atomic E-state index is 15.8. The predicted molar refractivity (Wildman–Crippen MR) is 121 cm³/mol. The van der Waals surface area contributed by atoms with Gasteiger partial charge >= 0.3 is 6.03 Å². The summed E-state index contributed by atoms with van der Waals surface area (Å²) in [5.74, 6) is -3.53. The van der Waals surface area contributed by atoms with Crippen LogP contribution >= 0.6 is 0 Å². The number of nitrogens with zero attached hydrogens (tertiary/aromatic N) is 1. The Balaban J connectivity index is 1.92. The average Bonchev–Trinajstić information content (AvgIpc) is 3.53. The molecular formula is C23H31F2N3O4S. The highest BCUT2D eigenvalue weighted by molar-refractivity contribution is 7.90. The lowest BCUT2D eigenvalue weighted by Gasteiger charge is -2.34. The number of nitrogens with one attached hydrogen (secondary N) is 2. The Kier molecular flexibility index (Phi) is 7.50. The molecule has 1 aliphatic heterocycles. The van der Waals surface area contributed by atoms with E-state index in [1.807, 2.05) is 0 Å². The zero-order valence-electron chi connectivity index (χ0n) is 19.5. The van der Waals surface area contributed by atoms with Crippen LogP contribution in [0.1, 0.15) is 77.0 Å². The van der Waals surface area contributed by atoms with Crippen molar-refractivity contribution in [2.24, 2.45) is 5.92 Å². The third kappa shape index (κ3) is 5.73. The molecule has 2 N–H and O–H groups in total. The minimum atomic E-state index is -1.93. The van der Waals surface area contributed by atoms with Crippen LogP contribution in [0.3, 0.4) is 0 Å². The number of rotatable bonds is 8. The molecule has 3 rings (SSSR count). The van der Waals surface area contributed by atoms with E-state index in [4.69, 9.17) is 0 Å². The SMILES string of the molecule is CC(C)N1C(=O)NC(=O)C(C[C@@H](F)[C@@H](N[S@+]([O-])C(C)(C)C)c2cc(C3CC3)ccc2F)C1=O. The van der Waals surface area contributed by atoms with Crippen molar-refractivity contribution in [1.29, 1.82) is 0 Å². The van der Waals surface area contributed by atoms with Gasteiger partial charge in [-0.25, -0.2) is 13.6 Å². The van der Waals surface area contributed by atoms with E-state index >= 15 is 4.39 Å². The van der Waals surface area contributed by atoms with Crippen molar-refractivity contribution in [2.45, 2.75) is 82.8 Å². The van der Waals surface area contributed by atoms with E-state index in [2.05, 4.69) is 10.0 Å². The van der Waals surface area contributed by atoms with Crippen molar-refractivity contribution in [2.75, 3.05) is 0 Å². The first-order chi connectivity index (χ1) is 15.3. The zero-order chi connectivity index (χ0) is 24.7. The van der Waals surface area contributed by atoms with Gasteiger partial charge in [0.05, 0.1) is 0 Å². The predicted octanol–water partition coefficient (Wildman–Crippen LogP) is 3.63. The Morgan fingerprint density at radius 2 is 1.88 bits per heavy atom. The normalized spacial score (nSPS) is 22.4. The van der Waals surface area contributed by atoms with Gasteiger partial charge in [0.2, 0.25) is 11.8 Å². The maximum Gasteiger partial charge on any atom is 0.331 e. The molecule has 33 heavy (non-hydrogen) atoms. The first kappa shape index (κ1) is 25.6. The Hall–Kier alpha value is -2.04. The molecule has 1 saturated carbocycles. The van der Waals surface area contributed by atoms with E-state index in [1.54, 1.807) is 46.8 Å². The Morgan fingerprint density at radius 1 is 1.24 bits per heavy atom. The van der Waals surface area contributed by atoms with E-state index in [0.29, 0.717) is 0 Å². The molecule has 4 amide bonds. The smallest absolute Gasteiger partial charge is 0.331 e. The van der Waals surface area contributed by atoms with Gasteiger partial charge in [-0.3, -0.25) is 19.8 Å². The standard InChI is InChI=1S/C23H31F2N3O4S/c1-12(2)28-21(30)16(20(29)26-22(28)31)11-18(25)19(27-33(32)23(3,4)5)15-10-14(13-6-7-13)8-9-17(15)24/h8-10,12-13,16,18-19,27H,6-7,11H2,1-5H3,(H,26,29,31)/t16?,18-,19+,33-/m1/s1. The van der Waals surface area contributed by atoms with Crippen LogP contribution in [0.2, 0.25) is 0 Å². The van der Waals surface area contributed by atoms with Crippen molar-refractivity contribution in [1.82, 2.24) is 14.9 Å². The lowest BCUT2D eigenvalue weighted by Crippen LogP contribution is -2.60. The molecule has 1 unspecified atom stereocenters. The zero-order valence-corrected chi connectivity index (χ0v) is 20.3. The molecule has 0 aromatic heterocycles. The number of imide groups is 2. The molecular weight excluding hydrogens is 452 g/mol.